The SMILES string of the molecule is O=C(O)C1=C(CSc2ncccn2)CS[C@H]2[C@H](NC(=O)C(NC(=O)c3coc4cc(O)c(O)cc4c3=O)c3ccc(O)cc3)C(=O)N12. The van der Waals surface area contributed by atoms with Gasteiger partial charge in [-0.1, -0.05) is 23.9 Å². The molecule has 6 rings (SSSR count). The first-order valence-electron chi connectivity index (χ1n) is 13.7. The van der Waals surface area contributed by atoms with Crippen LogP contribution in [0.4, 0.5) is 0 Å². The molecule has 0 spiro atoms. The summed E-state index contributed by atoms with van der Waals surface area (Å²) in [6, 6.07) is 6.26. The molecule has 0 bridgehead atoms. The maximum absolute atomic E-state index is 13.7. The Morgan fingerprint density at radius 1 is 1.06 bits per heavy atom. The summed E-state index contributed by atoms with van der Waals surface area (Å²) in [6.45, 7) is 0. The van der Waals surface area contributed by atoms with Gasteiger partial charge in [-0.3, -0.25) is 24.1 Å². The van der Waals surface area contributed by atoms with Gasteiger partial charge in [0.1, 0.15) is 46.3 Å². The summed E-state index contributed by atoms with van der Waals surface area (Å²) >= 11 is 2.48. The first-order chi connectivity index (χ1) is 22.5. The molecule has 0 radical (unpaired) electrons. The van der Waals surface area contributed by atoms with E-state index in [-0.39, 0.29) is 39.5 Å². The molecule has 0 aliphatic carbocycles. The second-order valence-electron chi connectivity index (χ2n) is 10.3. The number of nitrogens with zero attached hydrogens (tertiary/aromatic N) is 3. The fraction of sp³-hybridized carbons (Fsp3) is 0.167. The van der Waals surface area contributed by atoms with E-state index in [1.807, 2.05) is 0 Å². The summed E-state index contributed by atoms with van der Waals surface area (Å²) < 4.78 is 5.31. The highest BCUT2D eigenvalue weighted by Gasteiger charge is 2.54. The number of nitrogens with one attached hydrogen (secondary N) is 2. The minimum Gasteiger partial charge on any atom is -0.508 e. The molecular weight excluding hydrogens is 654 g/mol. The number of amides is 3. The van der Waals surface area contributed by atoms with Crippen LogP contribution in [0.5, 0.6) is 17.2 Å². The Morgan fingerprint density at radius 3 is 2.47 bits per heavy atom. The molecular formula is C30H23N5O10S2. The molecule has 2 aliphatic rings. The molecule has 1 saturated heterocycles. The molecule has 2 aliphatic heterocycles. The van der Waals surface area contributed by atoms with Crippen molar-refractivity contribution in [3.8, 4) is 17.2 Å². The summed E-state index contributed by atoms with van der Waals surface area (Å²) in [6.07, 6.45) is 3.96. The van der Waals surface area contributed by atoms with Crippen LogP contribution in [0.1, 0.15) is 22.0 Å². The van der Waals surface area contributed by atoms with E-state index in [0.29, 0.717) is 10.7 Å². The Bertz CT molecular complexity index is 2020. The van der Waals surface area contributed by atoms with Crippen LogP contribution in [0, 0.1) is 0 Å². The number of aromatic nitrogens is 2. The van der Waals surface area contributed by atoms with Crippen molar-refractivity contribution in [3.63, 3.8) is 0 Å². The van der Waals surface area contributed by atoms with Crippen molar-refractivity contribution in [2.24, 2.45) is 0 Å². The van der Waals surface area contributed by atoms with E-state index >= 15 is 0 Å². The molecule has 2 aromatic carbocycles. The number of carbonyl (C=O) groups excluding carboxylic acids is 3. The molecule has 3 amide bonds. The monoisotopic (exact) mass is 677 g/mol. The van der Waals surface area contributed by atoms with Crippen LogP contribution in [0.2, 0.25) is 0 Å². The lowest BCUT2D eigenvalue weighted by molar-refractivity contribution is -0.151. The van der Waals surface area contributed by atoms with Gasteiger partial charge in [0.05, 0.1) is 5.39 Å². The highest BCUT2D eigenvalue weighted by Crippen LogP contribution is 2.41. The first-order valence-corrected chi connectivity index (χ1v) is 15.7. The van der Waals surface area contributed by atoms with Gasteiger partial charge in [0.25, 0.3) is 11.8 Å². The smallest absolute Gasteiger partial charge is 0.352 e. The van der Waals surface area contributed by atoms with E-state index in [0.717, 1.165) is 23.3 Å². The average Bonchev–Trinajstić information content (AvgIpc) is 3.06. The zero-order valence-corrected chi connectivity index (χ0v) is 25.4. The molecule has 4 heterocycles. The molecule has 1 fully saturated rings. The van der Waals surface area contributed by atoms with Gasteiger partial charge >= 0.3 is 5.97 Å². The largest absolute Gasteiger partial charge is 0.508 e. The second-order valence-corrected chi connectivity index (χ2v) is 12.3. The minimum absolute atomic E-state index is 0.0994. The zero-order chi connectivity index (χ0) is 33.4. The maximum Gasteiger partial charge on any atom is 0.352 e. The van der Waals surface area contributed by atoms with Crippen LogP contribution in [-0.4, -0.2) is 81.9 Å². The third kappa shape index (κ3) is 6.05. The van der Waals surface area contributed by atoms with Crippen LogP contribution < -0.4 is 16.1 Å². The van der Waals surface area contributed by atoms with Gasteiger partial charge in [0.2, 0.25) is 11.3 Å². The van der Waals surface area contributed by atoms with Gasteiger partial charge < -0.3 is 35.5 Å². The van der Waals surface area contributed by atoms with Crippen LogP contribution >= 0.6 is 23.5 Å². The number of carbonyl (C=O) groups is 4. The highest BCUT2D eigenvalue weighted by atomic mass is 32.2. The zero-order valence-electron chi connectivity index (χ0n) is 23.8. The number of phenols is 3. The van der Waals surface area contributed by atoms with Crippen molar-refractivity contribution >= 4 is 58.2 Å². The lowest BCUT2D eigenvalue weighted by atomic mass is 10.0. The molecule has 15 nitrogen and oxygen atoms in total. The predicted octanol–water partition coefficient (Wildman–Crippen LogP) is 1.70. The summed E-state index contributed by atoms with van der Waals surface area (Å²) in [7, 11) is 0. The topological polar surface area (TPSA) is 232 Å². The van der Waals surface area contributed by atoms with Crippen molar-refractivity contribution in [2.45, 2.75) is 22.6 Å². The molecule has 0 saturated carbocycles. The van der Waals surface area contributed by atoms with Crippen molar-refractivity contribution in [2.75, 3.05) is 11.5 Å². The number of carboxylic acid groups (broad SMARTS) is 1. The summed E-state index contributed by atoms with van der Waals surface area (Å²) in [5.41, 5.74) is -0.976. The number of phenolic OH excluding ortho intramolecular Hbond substituents is 3. The summed E-state index contributed by atoms with van der Waals surface area (Å²) in [5.74, 6) is -4.64. The Hall–Kier alpha value is -5.55. The Kier molecular flexibility index (Phi) is 8.48. The van der Waals surface area contributed by atoms with Crippen molar-refractivity contribution in [3.05, 3.63) is 93.7 Å². The van der Waals surface area contributed by atoms with Crippen molar-refractivity contribution in [1.29, 1.82) is 0 Å². The van der Waals surface area contributed by atoms with E-state index in [1.54, 1.807) is 18.5 Å². The van der Waals surface area contributed by atoms with E-state index < -0.39 is 63.6 Å². The highest BCUT2D eigenvalue weighted by molar-refractivity contribution is 8.01. The first kappa shape index (κ1) is 31.4. The summed E-state index contributed by atoms with van der Waals surface area (Å²) in [4.78, 5) is 74.9. The van der Waals surface area contributed by atoms with E-state index in [1.165, 1.54) is 47.8 Å². The Morgan fingerprint density at radius 2 is 1.77 bits per heavy atom. The van der Waals surface area contributed by atoms with Gasteiger partial charge in [-0.15, -0.1) is 11.8 Å². The van der Waals surface area contributed by atoms with Crippen molar-refractivity contribution in [1.82, 2.24) is 25.5 Å². The fourth-order valence-corrected chi connectivity index (χ4v) is 7.32. The van der Waals surface area contributed by atoms with Gasteiger partial charge in [0.15, 0.2) is 16.7 Å². The van der Waals surface area contributed by atoms with E-state index in [4.69, 9.17) is 4.42 Å². The van der Waals surface area contributed by atoms with Crippen LogP contribution in [0.15, 0.2) is 86.8 Å². The molecule has 17 heteroatoms. The lowest BCUT2D eigenvalue weighted by Crippen LogP contribution is -2.71. The number of aliphatic carboxylic acids is 1. The molecule has 6 N–H and O–H groups in total. The number of fused-ring (bicyclic) bond motifs is 2. The van der Waals surface area contributed by atoms with Gasteiger partial charge in [-0.05, 0) is 35.4 Å². The summed E-state index contributed by atoms with van der Waals surface area (Å²) in [5, 5.41) is 43.8. The predicted molar refractivity (Wildman–Crippen MR) is 167 cm³/mol. The minimum atomic E-state index is -1.48. The molecule has 3 atom stereocenters. The number of hydrogen-bond acceptors (Lipinski definition) is 13. The number of benzene rings is 2. The quantitative estimate of drug-likeness (QED) is 0.0641. The van der Waals surface area contributed by atoms with Gasteiger partial charge in [-0.25, -0.2) is 14.8 Å². The normalized spacial score (nSPS) is 17.9. The number of thioether (sulfide) groups is 2. The Labute approximate surface area is 272 Å². The second kappa shape index (κ2) is 12.7. The molecule has 47 heavy (non-hydrogen) atoms. The lowest BCUT2D eigenvalue weighted by Gasteiger charge is -2.49. The number of hydrogen-bond donors (Lipinski definition) is 6. The van der Waals surface area contributed by atoms with E-state index in [9.17, 15) is 44.4 Å². The number of aromatic hydroxyl groups is 3. The third-order valence-corrected chi connectivity index (χ3v) is 9.65. The fourth-order valence-electron chi connectivity index (χ4n) is 5.03. The molecule has 4 aromatic rings. The molecule has 2 aromatic heterocycles. The van der Waals surface area contributed by atoms with Crippen molar-refractivity contribution < 1.29 is 44.0 Å². The van der Waals surface area contributed by atoms with Crippen LogP contribution in [-0.2, 0) is 14.4 Å². The standard InChI is InChI=1S/C30H23N5O10S2/c36-15-4-2-13(3-5-15)21(33-25(40)17-10-45-20-9-19(38)18(37)8-16(20)24(17)39)26(41)34-22-27(42)35-23(29(43)44)14(11-46-28(22)35)12-47-30-31-6-1-7-32-30/h1-10,21-22,28,36-38H,11-12H2,(H,33,40)(H,34,41)(H,43,44)/t21?,22-,28+/m1/s1. The Balaban J connectivity index is 1.23. The molecule has 1 unspecified atom stereocenters. The maximum atomic E-state index is 13.7. The third-order valence-electron chi connectivity index (χ3n) is 7.34. The average molecular weight is 678 g/mol. The number of rotatable bonds is 9. The van der Waals surface area contributed by atoms with Gasteiger partial charge in [-0.2, -0.15) is 0 Å². The number of β-lactam (4-membered cyclic amide) rings is 1. The van der Waals surface area contributed by atoms with Gasteiger partial charge in [0, 0.05) is 30.0 Å². The van der Waals surface area contributed by atoms with E-state index in [2.05, 4.69) is 20.6 Å². The molecule has 240 valence electrons. The van der Waals surface area contributed by atoms with Crippen LogP contribution in [0.3, 0.4) is 0 Å². The number of carboxylic acids is 1. The van der Waals surface area contributed by atoms with Crippen LogP contribution in [0.25, 0.3) is 11.0 Å².